The predicted molar refractivity (Wildman–Crippen MR) is 83.8 cm³/mol. The molecule has 0 bridgehead atoms. The Balaban J connectivity index is 2.91. The molecule has 19 heavy (non-hydrogen) atoms. The van der Waals surface area contributed by atoms with E-state index in [0.29, 0.717) is 0 Å². The van der Waals surface area contributed by atoms with E-state index in [2.05, 4.69) is 50.7 Å². The Bertz CT molecular complexity index is 413. The molecule has 1 heterocycles. The fourth-order valence-electron chi connectivity index (χ4n) is 2.21. The minimum Gasteiger partial charge on any atom is -0.359 e. The third-order valence-electron chi connectivity index (χ3n) is 3.27. The van der Waals surface area contributed by atoms with Gasteiger partial charge in [-0.25, -0.2) is 4.98 Å². The molecule has 0 amide bonds. The van der Waals surface area contributed by atoms with Crippen molar-refractivity contribution in [2.24, 2.45) is 0 Å². The van der Waals surface area contributed by atoms with E-state index in [0.717, 1.165) is 44.0 Å². The minimum absolute atomic E-state index is 0.886. The summed E-state index contributed by atoms with van der Waals surface area (Å²) >= 11 is 0. The van der Waals surface area contributed by atoms with E-state index in [1.165, 1.54) is 11.1 Å². The second-order valence-corrected chi connectivity index (χ2v) is 5.02. The smallest absolute Gasteiger partial charge is 0.133 e. The lowest BCUT2D eigenvalue weighted by atomic mass is 10.1. The summed E-state index contributed by atoms with van der Waals surface area (Å²) in [5.41, 5.74) is 3.72. The van der Waals surface area contributed by atoms with Crippen molar-refractivity contribution in [3.63, 3.8) is 0 Å². The number of allylic oxidation sites excluding steroid dienone is 1. The maximum absolute atomic E-state index is 4.73. The highest BCUT2D eigenvalue weighted by Gasteiger charge is 2.12. The van der Waals surface area contributed by atoms with E-state index in [4.69, 9.17) is 4.98 Å². The Morgan fingerprint density at radius 1 is 1.42 bits per heavy atom. The molecule has 0 aliphatic heterocycles. The van der Waals surface area contributed by atoms with Crippen LogP contribution in [0.15, 0.2) is 18.7 Å². The molecule has 0 aromatic carbocycles. The highest BCUT2D eigenvalue weighted by atomic mass is 15.2. The van der Waals surface area contributed by atoms with E-state index in [1.807, 2.05) is 6.08 Å². The largest absolute Gasteiger partial charge is 0.359 e. The van der Waals surface area contributed by atoms with Gasteiger partial charge < -0.3 is 10.2 Å². The topological polar surface area (TPSA) is 28.2 Å². The van der Waals surface area contributed by atoms with Gasteiger partial charge in [0.25, 0.3) is 0 Å². The van der Waals surface area contributed by atoms with Gasteiger partial charge in [-0.05, 0) is 44.9 Å². The summed E-state index contributed by atoms with van der Waals surface area (Å²) in [7, 11) is 2.12. The van der Waals surface area contributed by atoms with E-state index < -0.39 is 0 Å². The van der Waals surface area contributed by atoms with Crippen LogP contribution in [0.4, 0.5) is 5.82 Å². The molecule has 0 saturated carbocycles. The molecule has 0 spiro atoms. The van der Waals surface area contributed by atoms with Gasteiger partial charge in [0.2, 0.25) is 0 Å². The first-order valence-electron chi connectivity index (χ1n) is 7.10. The molecular formula is C16H27N3. The molecule has 1 N–H and O–H groups in total. The predicted octanol–water partition coefficient (Wildman–Crippen LogP) is 3.21. The number of nitrogens with zero attached hydrogens (tertiary/aromatic N) is 2. The summed E-state index contributed by atoms with van der Waals surface area (Å²) in [4.78, 5) is 6.99. The van der Waals surface area contributed by atoms with Crippen LogP contribution >= 0.6 is 0 Å². The average molecular weight is 261 g/mol. The van der Waals surface area contributed by atoms with Crippen LogP contribution in [0.5, 0.6) is 0 Å². The second-order valence-electron chi connectivity index (χ2n) is 5.02. The van der Waals surface area contributed by atoms with Crippen LogP contribution in [0.2, 0.25) is 0 Å². The fraction of sp³-hybridized carbons (Fsp3) is 0.562. The Kier molecular flexibility index (Phi) is 6.57. The number of unbranched alkanes of at least 4 members (excludes halogenated alkanes) is 1. The SMILES string of the molecule is C=CCCCN(C)c1nc(C)cc(C)c1CNCC. The first-order valence-corrected chi connectivity index (χ1v) is 7.10. The van der Waals surface area contributed by atoms with Crippen LogP contribution in [-0.2, 0) is 6.54 Å². The van der Waals surface area contributed by atoms with Gasteiger partial charge in [0.05, 0.1) is 0 Å². The molecule has 0 atom stereocenters. The van der Waals surface area contributed by atoms with Crippen molar-refractivity contribution >= 4 is 5.82 Å². The van der Waals surface area contributed by atoms with Crippen LogP contribution in [-0.4, -0.2) is 25.1 Å². The van der Waals surface area contributed by atoms with Crippen LogP contribution < -0.4 is 10.2 Å². The number of anilines is 1. The van der Waals surface area contributed by atoms with Crippen molar-refractivity contribution in [1.82, 2.24) is 10.3 Å². The summed E-state index contributed by atoms with van der Waals surface area (Å²) in [5, 5.41) is 3.40. The molecule has 0 unspecified atom stereocenters. The van der Waals surface area contributed by atoms with E-state index in [1.54, 1.807) is 0 Å². The van der Waals surface area contributed by atoms with Gasteiger partial charge in [-0.1, -0.05) is 13.0 Å². The normalized spacial score (nSPS) is 10.5. The molecular weight excluding hydrogens is 234 g/mol. The zero-order chi connectivity index (χ0) is 14.3. The van der Waals surface area contributed by atoms with Crippen molar-refractivity contribution < 1.29 is 0 Å². The standard InChI is InChI=1S/C16H27N3/c1-6-8-9-10-19(5)16-15(12-17-7-2)13(3)11-14(4)18-16/h6,11,17H,1,7-10,12H2,2-5H3. The van der Waals surface area contributed by atoms with Crippen molar-refractivity contribution in [2.75, 3.05) is 25.0 Å². The van der Waals surface area contributed by atoms with Gasteiger partial charge in [0.15, 0.2) is 0 Å². The molecule has 0 fully saturated rings. The molecule has 106 valence electrons. The lowest BCUT2D eigenvalue weighted by Gasteiger charge is -2.23. The minimum atomic E-state index is 0.886. The number of aromatic nitrogens is 1. The van der Waals surface area contributed by atoms with Gasteiger partial charge in [-0.3, -0.25) is 0 Å². The molecule has 0 aliphatic carbocycles. The molecule has 1 aromatic heterocycles. The first-order chi connectivity index (χ1) is 9.10. The highest BCUT2D eigenvalue weighted by Crippen LogP contribution is 2.22. The third kappa shape index (κ3) is 4.67. The van der Waals surface area contributed by atoms with Crippen LogP contribution in [0, 0.1) is 13.8 Å². The number of nitrogens with one attached hydrogen (secondary N) is 1. The van der Waals surface area contributed by atoms with Crippen molar-refractivity contribution in [3.8, 4) is 0 Å². The van der Waals surface area contributed by atoms with Gasteiger partial charge in [0, 0.05) is 31.4 Å². The Labute approximate surface area is 117 Å². The van der Waals surface area contributed by atoms with Crippen LogP contribution in [0.25, 0.3) is 0 Å². The molecule has 0 aliphatic rings. The van der Waals surface area contributed by atoms with Gasteiger partial charge in [-0.2, -0.15) is 0 Å². The maximum Gasteiger partial charge on any atom is 0.133 e. The third-order valence-corrected chi connectivity index (χ3v) is 3.27. The molecule has 3 nitrogen and oxygen atoms in total. The Morgan fingerprint density at radius 2 is 2.16 bits per heavy atom. The number of aryl methyl sites for hydroxylation is 2. The summed E-state index contributed by atoms with van der Waals surface area (Å²) in [6.07, 6.45) is 4.15. The van der Waals surface area contributed by atoms with E-state index in [-0.39, 0.29) is 0 Å². The summed E-state index contributed by atoms with van der Waals surface area (Å²) in [6.45, 7) is 13.0. The van der Waals surface area contributed by atoms with Crippen molar-refractivity contribution in [1.29, 1.82) is 0 Å². The maximum atomic E-state index is 4.73. The number of rotatable bonds is 8. The zero-order valence-corrected chi connectivity index (χ0v) is 12.8. The summed E-state index contributed by atoms with van der Waals surface area (Å²) in [6, 6.07) is 2.16. The van der Waals surface area contributed by atoms with Crippen molar-refractivity contribution in [2.45, 2.75) is 40.2 Å². The second kappa shape index (κ2) is 7.95. The lowest BCUT2D eigenvalue weighted by molar-refractivity contribution is 0.710. The number of hydrogen-bond acceptors (Lipinski definition) is 3. The molecule has 1 rings (SSSR count). The Hall–Kier alpha value is -1.35. The highest BCUT2D eigenvalue weighted by molar-refractivity contribution is 5.51. The zero-order valence-electron chi connectivity index (χ0n) is 12.8. The number of pyridine rings is 1. The summed E-state index contributed by atoms with van der Waals surface area (Å²) < 4.78 is 0. The van der Waals surface area contributed by atoms with Crippen LogP contribution in [0.3, 0.4) is 0 Å². The molecule has 0 saturated heterocycles. The van der Waals surface area contributed by atoms with Gasteiger partial charge in [-0.15, -0.1) is 6.58 Å². The fourth-order valence-corrected chi connectivity index (χ4v) is 2.21. The molecule has 1 aromatic rings. The monoisotopic (exact) mass is 261 g/mol. The number of hydrogen-bond donors (Lipinski definition) is 1. The average Bonchev–Trinajstić information content (AvgIpc) is 2.37. The van der Waals surface area contributed by atoms with Gasteiger partial charge >= 0.3 is 0 Å². The van der Waals surface area contributed by atoms with E-state index >= 15 is 0 Å². The molecule has 3 heteroatoms. The van der Waals surface area contributed by atoms with E-state index in [9.17, 15) is 0 Å². The summed E-state index contributed by atoms with van der Waals surface area (Å²) in [5.74, 6) is 1.11. The Morgan fingerprint density at radius 3 is 2.79 bits per heavy atom. The quantitative estimate of drug-likeness (QED) is 0.575. The van der Waals surface area contributed by atoms with Crippen molar-refractivity contribution in [3.05, 3.63) is 35.5 Å². The first kappa shape index (κ1) is 15.7. The van der Waals surface area contributed by atoms with Gasteiger partial charge in [0.1, 0.15) is 5.82 Å². The molecule has 0 radical (unpaired) electrons. The lowest BCUT2D eigenvalue weighted by Crippen LogP contribution is -2.24. The van der Waals surface area contributed by atoms with Crippen LogP contribution in [0.1, 0.15) is 36.6 Å².